The first-order chi connectivity index (χ1) is 20.1. The number of ether oxygens (including phenoxy) is 2. The van der Waals surface area contributed by atoms with E-state index in [1.807, 2.05) is 43.3 Å². The number of halogens is 1. The van der Waals surface area contributed by atoms with Gasteiger partial charge in [-0.15, -0.1) is 0 Å². The molecule has 0 aliphatic heterocycles. The van der Waals surface area contributed by atoms with Crippen LogP contribution in [0.2, 0.25) is 5.02 Å². The van der Waals surface area contributed by atoms with Gasteiger partial charge in [-0.05, 0) is 47.9 Å². The molecule has 0 aromatic heterocycles. The summed E-state index contributed by atoms with van der Waals surface area (Å²) in [6.07, 6.45) is 2.91. The first-order valence-electron chi connectivity index (χ1n) is 13.6. The molecule has 1 atom stereocenters. The Morgan fingerprint density at radius 2 is 1.67 bits per heavy atom. The summed E-state index contributed by atoms with van der Waals surface area (Å²) < 4.78 is 37.8. The number of amides is 2. The Bertz CT molecular complexity index is 1450. The molecule has 0 aliphatic rings. The highest BCUT2D eigenvalue weighted by Crippen LogP contribution is 2.33. The molecule has 1 N–H and O–H groups in total. The maximum atomic E-state index is 14.2. The third-order valence-electron chi connectivity index (χ3n) is 6.68. The fraction of sp³-hybridized carbons (Fsp3) is 0.355. The van der Waals surface area contributed by atoms with Crippen LogP contribution in [0.1, 0.15) is 30.9 Å². The van der Waals surface area contributed by atoms with Crippen molar-refractivity contribution < 1.29 is 27.5 Å². The highest BCUT2D eigenvalue weighted by Gasteiger charge is 2.33. The van der Waals surface area contributed by atoms with Gasteiger partial charge < -0.3 is 19.7 Å². The smallest absolute Gasteiger partial charge is 0.244 e. The highest BCUT2D eigenvalue weighted by molar-refractivity contribution is 7.92. The summed E-state index contributed by atoms with van der Waals surface area (Å²) in [7, 11) is -1.03. The molecule has 0 saturated carbocycles. The number of sulfonamides is 1. The summed E-state index contributed by atoms with van der Waals surface area (Å²) in [5, 5.41) is 3.24. The Hall–Kier alpha value is -3.76. The van der Waals surface area contributed by atoms with Gasteiger partial charge in [0.15, 0.2) is 0 Å². The largest absolute Gasteiger partial charge is 0.497 e. The number of rotatable bonds is 15. The predicted octanol–water partition coefficient (Wildman–Crippen LogP) is 4.68. The molecule has 9 nitrogen and oxygen atoms in total. The van der Waals surface area contributed by atoms with Gasteiger partial charge in [0, 0.05) is 24.5 Å². The van der Waals surface area contributed by atoms with Crippen molar-refractivity contribution in [2.75, 3.05) is 37.9 Å². The predicted molar refractivity (Wildman–Crippen MR) is 166 cm³/mol. The van der Waals surface area contributed by atoms with E-state index in [2.05, 4.69) is 5.32 Å². The average Bonchev–Trinajstić information content (AvgIpc) is 2.97. The van der Waals surface area contributed by atoms with Gasteiger partial charge >= 0.3 is 0 Å². The molecule has 0 radical (unpaired) electrons. The van der Waals surface area contributed by atoms with Crippen molar-refractivity contribution in [2.45, 2.75) is 38.8 Å². The molecule has 42 heavy (non-hydrogen) atoms. The van der Waals surface area contributed by atoms with Gasteiger partial charge in [-0.3, -0.25) is 13.9 Å². The van der Waals surface area contributed by atoms with Gasteiger partial charge in [0.05, 0.1) is 26.2 Å². The highest BCUT2D eigenvalue weighted by atomic mass is 35.5. The van der Waals surface area contributed by atoms with E-state index in [0.717, 1.165) is 29.0 Å². The topological polar surface area (TPSA) is 105 Å². The lowest BCUT2D eigenvalue weighted by atomic mass is 10.0. The molecule has 0 fully saturated rings. The van der Waals surface area contributed by atoms with E-state index in [1.54, 1.807) is 31.4 Å². The Morgan fingerprint density at radius 3 is 2.31 bits per heavy atom. The molecule has 0 spiro atoms. The first kappa shape index (κ1) is 32.8. The van der Waals surface area contributed by atoms with Gasteiger partial charge in [-0.2, -0.15) is 0 Å². The number of carbonyl (C=O) groups is 2. The molecule has 0 aliphatic carbocycles. The molecule has 3 rings (SSSR count). The quantitative estimate of drug-likeness (QED) is 0.249. The summed E-state index contributed by atoms with van der Waals surface area (Å²) >= 11 is 6.21. The van der Waals surface area contributed by atoms with E-state index in [0.29, 0.717) is 17.9 Å². The number of unbranched alkanes of at least 4 members (excludes halogenated alkanes) is 1. The molecule has 226 valence electrons. The van der Waals surface area contributed by atoms with E-state index < -0.39 is 28.5 Å². The maximum absolute atomic E-state index is 14.2. The molecule has 11 heteroatoms. The van der Waals surface area contributed by atoms with Gasteiger partial charge in [0.25, 0.3) is 0 Å². The van der Waals surface area contributed by atoms with Gasteiger partial charge in [0.1, 0.15) is 24.1 Å². The van der Waals surface area contributed by atoms with Crippen LogP contribution in [0.4, 0.5) is 5.69 Å². The zero-order valence-corrected chi connectivity index (χ0v) is 26.0. The van der Waals surface area contributed by atoms with E-state index in [9.17, 15) is 18.0 Å². The number of methoxy groups -OCH3 is 2. The molecule has 0 bridgehead atoms. The Labute approximate surface area is 253 Å². The minimum Gasteiger partial charge on any atom is -0.497 e. The number of nitrogens with zero attached hydrogens (tertiary/aromatic N) is 2. The van der Waals surface area contributed by atoms with Crippen LogP contribution in [0.15, 0.2) is 72.8 Å². The first-order valence-corrected chi connectivity index (χ1v) is 15.8. The number of anilines is 1. The van der Waals surface area contributed by atoms with E-state index >= 15 is 0 Å². The lowest BCUT2D eigenvalue weighted by molar-refractivity contribution is -0.140. The Kier molecular flexibility index (Phi) is 12.1. The van der Waals surface area contributed by atoms with Crippen LogP contribution in [-0.2, 0) is 32.6 Å². The van der Waals surface area contributed by atoms with Crippen LogP contribution < -0.4 is 19.1 Å². The maximum Gasteiger partial charge on any atom is 0.244 e. The minimum atomic E-state index is -3.98. The zero-order valence-electron chi connectivity index (χ0n) is 24.4. The number of nitrogens with one attached hydrogen (secondary N) is 1. The minimum absolute atomic E-state index is 0.0407. The molecule has 0 unspecified atom stereocenters. The zero-order chi connectivity index (χ0) is 30.7. The van der Waals surface area contributed by atoms with Crippen LogP contribution in [0.25, 0.3) is 0 Å². The standard InChI is InChI=1S/C31H38ClN3O6S/c1-5-6-17-33-31(37)28(19-23-11-8-7-9-12-23)34(21-24-13-10-14-26(18-24)40-2)30(36)22-35(42(4,38)39)27-20-25(32)15-16-29(27)41-3/h7-16,18,20,28H,5-6,17,19,21-22H2,1-4H3,(H,33,37)/t28-/m1/s1. The molecule has 0 heterocycles. The summed E-state index contributed by atoms with van der Waals surface area (Å²) in [4.78, 5) is 29.3. The van der Waals surface area contributed by atoms with Crippen molar-refractivity contribution in [1.82, 2.24) is 10.2 Å². The van der Waals surface area contributed by atoms with Gasteiger partial charge in [0.2, 0.25) is 21.8 Å². The van der Waals surface area contributed by atoms with Crippen LogP contribution in [0, 0.1) is 0 Å². The number of hydrogen-bond donors (Lipinski definition) is 1. The monoisotopic (exact) mass is 615 g/mol. The summed E-state index contributed by atoms with van der Waals surface area (Å²) in [5.41, 5.74) is 1.69. The van der Waals surface area contributed by atoms with Crippen molar-refractivity contribution >= 4 is 39.1 Å². The molecule has 3 aromatic carbocycles. The van der Waals surface area contributed by atoms with Crippen LogP contribution >= 0.6 is 11.6 Å². The van der Waals surface area contributed by atoms with Crippen LogP contribution in [0.3, 0.4) is 0 Å². The molecule has 3 aromatic rings. The van der Waals surface area contributed by atoms with Gasteiger partial charge in [-0.1, -0.05) is 67.4 Å². The lowest BCUT2D eigenvalue weighted by Gasteiger charge is -2.33. The fourth-order valence-corrected chi connectivity index (χ4v) is 5.49. The SMILES string of the molecule is CCCCNC(=O)[C@@H](Cc1ccccc1)N(Cc1cccc(OC)c1)C(=O)CN(c1cc(Cl)ccc1OC)S(C)(=O)=O. The Balaban J connectivity index is 2.09. The summed E-state index contributed by atoms with van der Waals surface area (Å²) in [6.45, 7) is 1.94. The van der Waals surface area contributed by atoms with Crippen molar-refractivity contribution in [2.24, 2.45) is 0 Å². The average molecular weight is 616 g/mol. The number of carbonyl (C=O) groups excluding carboxylic acids is 2. The number of benzene rings is 3. The van der Waals surface area contributed by atoms with Crippen LogP contribution in [-0.4, -0.2) is 64.7 Å². The van der Waals surface area contributed by atoms with E-state index in [4.69, 9.17) is 21.1 Å². The second-order valence-corrected chi connectivity index (χ2v) is 12.2. The van der Waals surface area contributed by atoms with E-state index in [1.165, 1.54) is 24.1 Å². The van der Waals surface area contributed by atoms with Crippen molar-refractivity contribution in [3.63, 3.8) is 0 Å². The molecular weight excluding hydrogens is 578 g/mol. The van der Waals surface area contributed by atoms with E-state index in [-0.39, 0.29) is 35.3 Å². The van der Waals surface area contributed by atoms with Crippen molar-refractivity contribution in [1.29, 1.82) is 0 Å². The third-order valence-corrected chi connectivity index (χ3v) is 8.04. The molecule has 2 amide bonds. The third kappa shape index (κ3) is 9.12. The second kappa shape index (κ2) is 15.5. The number of hydrogen-bond acceptors (Lipinski definition) is 6. The molecule has 0 saturated heterocycles. The summed E-state index contributed by atoms with van der Waals surface area (Å²) in [5.74, 6) is -0.0740. The second-order valence-electron chi connectivity index (χ2n) is 9.81. The van der Waals surface area contributed by atoms with Crippen LogP contribution in [0.5, 0.6) is 11.5 Å². The normalized spacial score (nSPS) is 11.8. The fourth-order valence-electron chi connectivity index (χ4n) is 4.48. The lowest BCUT2D eigenvalue weighted by Crippen LogP contribution is -2.53. The summed E-state index contributed by atoms with van der Waals surface area (Å²) in [6, 6.07) is 20.2. The van der Waals surface area contributed by atoms with Crippen molar-refractivity contribution in [3.8, 4) is 11.5 Å². The Morgan fingerprint density at radius 1 is 0.952 bits per heavy atom. The van der Waals surface area contributed by atoms with Crippen molar-refractivity contribution in [3.05, 3.63) is 88.9 Å². The van der Waals surface area contributed by atoms with Gasteiger partial charge in [-0.25, -0.2) is 8.42 Å². The molecular formula is C31H38ClN3O6S.